The van der Waals surface area contributed by atoms with Crippen molar-refractivity contribution >= 4 is 31.7 Å². The fraction of sp³-hybridized carbons (Fsp3) is 0.417. The number of fused-ring (bicyclic) bond motifs is 1. The summed E-state index contributed by atoms with van der Waals surface area (Å²) in [5.74, 6) is 0.688. The zero-order chi connectivity index (χ0) is 12.0. The van der Waals surface area contributed by atoms with Crippen LogP contribution in [0.15, 0.2) is 33.6 Å². The monoisotopic (exact) mass is 313 g/mol. The Bertz CT molecular complexity index is 590. The van der Waals surface area contributed by atoms with Gasteiger partial charge in [-0.05, 0) is 24.8 Å². The van der Waals surface area contributed by atoms with Gasteiger partial charge in [0.2, 0.25) is 0 Å². The Morgan fingerprint density at radius 3 is 2.76 bits per heavy atom. The second-order valence-electron chi connectivity index (χ2n) is 4.57. The number of alkyl halides is 1. The van der Waals surface area contributed by atoms with Crippen molar-refractivity contribution in [2.24, 2.45) is 10.3 Å². The zero-order valence-electron chi connectivity index (χ0n) is 9.14. The lowest BCUT2D eigenvalue weighted by atomic mass is 10.0. The fourth-order valence-electron chi connectivity index (χ4n) is 2.13. The molecule has 0 radical (unpaired) electrons. The summed E-state index contributed by atoms with van der Waals surface area (Å²) in [4.78, 5) is 0.702. The lowest BCUT2D eigenvalue weighted by Crippen LogP contribution is -2.09. The molecule has 2 aliphatic rings. The van der Waals surface area contributed by atoms with Gasteiger partial charge >= 0.3 is 0 Å². The van der Waals surface area contributed by atoms with E-state index in [9.17, 15) is 8.42 Å². The third-order valence-electron chi connectivity index (χ3n) is 3.23. The first-order valence-corrected chi connectivity index (χ1v) is 8.01. The van der Waals surface area contributed by atoms with E-state index in [2.05, 4.69) is 20.3 Å². The van der Waals surface area contributed by atoms with Gasteiger partial charge < -0.3 is 0 Å². The summed E-state index contributed by atoms with van der Waals surface area (Å²) in [6.45, 7) is 0. The van der Waals surface area contributed by atoms with Gasteiger partial charge in [0.15, 0.2) is 0 Å². The molecule has 0 bridgehead atoms. The van der Waals surface area contributed by atoms with Gasteiger partial charge in [0.25, 0.3) is 10.0 Å². The quantitative estimate of drug-likeness (QED) is 0.805. The molecule has 0 saturated heterocycles. The Labute approximate surface area is 109 Å². The average Bonchev–Trinajstić information content (AvgIpc) is 3.08. The Kier molecular flexibility index (Phi) is 2.63. The molecule has 17 heavy (non-hydrogen) atoms. The van der Waals surface area contributed by atoms with Crippen LogP contribution in [-0.2, 0) is 10.0 Å². The lowest BCUT2D eigenvalue weighted by molar-refractivity contribution is 0.599. The zero-order valence-corrected chi connectivity index (χ0v) is 11.5. The molecule has 90 valence electrons. The Hall–Kier alpha value is -0.680. The maximum atomic E-state index is 11.8. The lowest BCUT2D eigenvalue weighted by Gasteiger charge is -2.07. The van der Waals surface area contributed by atoms with E-state index in [0.29, 0.717) is 27.8 Å². The fourth-order valence-corrected chi connectivity index (χ4v) is 4.24. The third kappa shape index (κ3) is 2.06. The van der Waals surface area contributed by atoms with E-state index in [4.69, 9.17) is 0 Å². The Morgan fingerprint density at radius 2 is 2.06 bits per heavy atom. The molecule has 0 aromatic heterocycles. The third-order valence-corrected chi connectivity index (χ3v) is 5.67. The first-order chi connectivity index (χ1) is 8.08. The molecule has 3 nitrogen and oxygen atoms in total. The van der Waals surface area contributed by atoms with Crippen LogP contribution in [0.1, 0.15) is 24.8 Å². The summed E-state index contributed by atoms with van der Waals surface area (Å²) >= 11 is 3.63. The van der Waals surface area contributed by atoms with Crippen LogP contribution in [-0.4, -0.2) is 19.0 Å². The molecule has 1 atom stereocenters. The molecule has 0 amide bonds. The minimum absolute atomic E-state index is 0.350. The molecule has 0 spiro atoms. The van der Waals surface area contributed by atoms with Crippen molar-refractivity contribution < 1.29 is 8.42 Å². The number of sulfonamides is 1. The number of hydrogen-bond acceptors (Lipinski definition) is 2. The molecular weight excluding hydrogens is 302 g/mol. The van der Waals surface area contributed by atoms with E-state index in [-0.39, 0.29) is 0 Å². The van der Waals surface area contributed by atoms with Crippen LogP contribution in [0.2, 0.25) is 0 Å². The van der Waals surface area contributed by atoms with E-state index in [1.165, 1.54) is 12.8 Å². The Balaban J connectivity index is 1.96. The van der Waals surface area contributed by atoms with E-state index >= 15 is 0 Å². The Morgan fingerprint density at radius 1 is 1.35 bits per heavy atom. The highest BCUT2D eigenvalue weighted by molar-refractivity contribution is 9.09. The van der Waals surface area contributed by atoms with Crippen molar-refractivity contribution in [1.82, 2.24) is 0 Å². The molecule has 3 rings (SSSR count). The minimum Gasteiger partial charge on any atom is -0.199 e. The molecule has 1 aliphatic carbocycles. The van der Waals surface area contributed by atoms with Gasteiger partial charge in [-0.25, -0.2) is 0 Å². The molecule has 1 fully saturated rings. The van der Waals surface area contributed by atoms with Crippen LogP contribution >= 0.6 is 15.9 Å². The van der Waals surface area contributed by atoms with Crippen LogP contribution in [0.25, 0.3) is 0 Å². The average molecular weight is 314 g/mol. The highest BCUT2D eigenvalue weighted by atomic mass is 79.9. The van der Waals surface area contributed by atoms with Crippen molar-refractivity contribution in [3.8, 4) is 0 Å². The van der Waals surface area contributed by atoms with E-state index in [0.717, 1.165) is 5.56 Å². The second-order valence-corrected chi connectivity index (χ2v) is 7.32. The van der Waals surface area contributed by atoms with E-state index in [1.807, 2.05) is 12.1 Å². The topological polar surface area (TPSA) is 46.5 Å². The number of nitrogens with zero attached hydrogens (tertiary/aromatic N) is 1. The molecule has 1 saturated carbocycles. The molecule has 0 N–H and O–H groups in total. The van der Waals surface area contributed by atoms with Gasteiger partial charge in [-0.3, -0.25) is 0 Å². The van der Waals surface area contributed by atoms with Crippen molar-refractivity contribution in [1.29, 1.82) is 0 Å². The standard InChI is InChI=1S/C12H12BrNO2S/c13-10(8-5-6-8)7-11-9-3-1-2-4-12(9)17(15,16)14-11/h1-4,8,10H,5-7H2. The second kappa shape index (κ2) is 3.92. The van der Waals surface area contributed by atoms with Crippen LogP contribution in [0.3, 0.4) is 0 Å². The molecule has 1 unspecified atom stereocenters. The summed E-state index contributed by atoms with van der Waals surface area (Å²) < 4.78 is 27.6. The van der Waals surface area contributed by atoms with Gasteiger partial charge in [-0.15, -0.1) is 0 Å². The van der Waals surface area contributed by atoms with Gasteiger partial charge in [-0.1, -0.05) is 34.1 Å². The molecule has 1 aliphatic heterocycles. The predicted molar refractivity (Wildman–Crippen MR) is 70.2 cm³/mol. The summed E-state index contributed by atoms with van der Waals surface area (Å²) in [5, 5.41) is 0. The maximum Gasteiger partial charge on any atom is 0.283 e. The molecule has 5 heteroatoms. The first kappa shape index (κ1) is 11.4. The van der Waals surface area contributed by atoms with Crippen molar-refractivity contribution in [3.05, 3.63) is 29.8 Å². The summed E-state index contributed by atoms with van der Waals surface area (Å²) in [6.07, 6.45) is 3.16. The van der Waals surface area contributed by atoms with Gasteiger partial charge in [0, 0.05) is 16.8 Å². The van der Waals surface area contributed by atoms with Crippen LogP contribution in [0, 0.1) is 5.92 Å². The van der Waals surface area contributed by atoms with Crippen LogP contribution < -0.4 is 0 Å². The largest absolute Gasteiger partial charge is 0.283 e. The summed E-state index contributed by atoms with van der Waals surface area (Å²) in [7, 11) is -3.44. The SMILES string of the molecule is O=S1(=O)N=C(CC(Br)C2CC2)c2ccccc21. The van der Waals surface area contributed by atoms with Gasteiger partial charge in [0.1, 0.15) is 0 Å². The molecular formula is C12H12BrNO2S. The van der Waals surface area contributed by atoms with Crippen molar-refractivity contribution in [2.75, 3.05) is 0 Å². The van der Waals surface area contributed by atoms with Gasteiger partial charge in [0.05, 0.1) is 10.6 Å². The molecule has 1 aromatic carbocycles. The maximum absolute atomic E-state index is 11.8. The van der Waals surface area contributed by atoms with Gasteiger partial charge in [-0.2, -0.15) is 12.8 Å². The molecule has 1 aromatic rings. The van der Waals surface area contributed by atoms with Crippen molar-refractivity contribution in [2.45, 2.75) is 29.0 Å². The minimum atomic E-state index is -3.44. The van der Waals surface area contributed by atoms with Crippen LogP contribution in [0.5, 0.6) is 0 Å². The predicted octanol–water partition coefficient (Wildman–Crippen LogP) is 2.74. The number of hydrogen-bond donors (Lipinski definition) is 0. The first-order valence-electron chi connectivity index (χ1n) is 5.65. The van der Waals surface area contributed by atoms with Crippen molar-refractivity contribution in [3.63, 3.8) is 0 Å². The summed E-state index contributed by atoms with van der Waals surface area (Å²) in [6, 6.07) is 7.06. The van der Waals surface area contributed by atoms with E-state index in [1.54, 1.807) is 12.1 Å². The molecule has 1 heterocycles. The highest BCUT2D eigenvalue weighted by Crippen LogP contribution is 2.40. The van der Waals surface area contributed by atoms with E-state index < -0.39 is 10.0 Å². The summed E-state index contributed by atoms with van der Waals surface area (Å²) in [5.41, 5.74) is 1.48. The smallest absolute Gasteiger partial charge is 0.199 e. The normalized spacial score (nSPS) is 23.0. The van der Waals surface area contributed by atoms with Crippen LogP contribution in [0.4, 0.5) is 0 Å². The highest BCUT2D eigenvalue weighted by Gasteiger charge is 2.34. The number of halogens is 1. The number of benzene rings is 1. The number of rotatable bonds is 3.